The molecular weight excluding hydrogens is 711 g/mol. The molecule has 0 N–H and O–H groups in total. The van der Waals surface area contributed by atoms with Crippen molar-refractivity contribution in [3.8, 4) is 22.6 Å². The van der Waals surface area contributed by atoms with Gasteiger partial charge in [-0.25, -0.2) is 0 Å². The van der Waals surface area contributed by atoms with E-state index in [1.807, 2.05) is 0 Å². The molecule has 48 heavy (non-hydrogen) atoms. The van der Waals surface area contributed by atoms with Crippen molar-refractivity contribution in [2.24, 2.45) is 0 Å². The zero-order chi connectivity index (χ0) is 33.3. The first-order valence-electron chi connectivity index (χ1n) is 16.6. The first-order chi connectivity index (χ1) is 21.6. The summed E-state index contributed by atoms with van der Waals surface area (Å²) < 4.78 is 23.0. The standard InChI is InChI=1S/C21H25.2C8H9O.C5H5.CH2.2ClH.Zr/c1-20(2,3)16-9-7-14-11-15-8-10-17(21(4,5)6)13-19(15)18(14)12-16;2*1-7-5-3-4-6-8(7)9-2;1-2-4-5-3-1;;;;/h7,9-10,12-13H,11H2,1-6H3;2*4-6H,1-2H3;1-3H,4H2;1H2;2*1H;. The third-order valence-corrected chi connectivity index (χ3v) is 27.1. The molecule has 2 nitrogen and oxygen atoms in total. The van der Waals surface area contributed by atoms with Crippen LogP contribution in [0.1, 0.15) is 81.3 Å². The Balaban J connectivity index is 0.00000260. The van der Waals surface area contributed by atoms with Gasteiger partial charge in [-0.05, 0) is 0 Å². The summed E-state index contributed by atoms with van der Waals surface area (Å²) in [5.41, 5.74) is 10.7. The molecule has 0 radical (unpaired) electrons. The molecule has 4 aromatic carbocycles. The van der Waals surface area contributed by atoms with E-state index in [9.17, 15) is 0 Å². The first kappa shape index (κ1) is 38.1. The molecule has 0 unspecified atom stereocenters. The molecule has 0 aliphatic heterocycles. The number of benzene rings is 4. The Labute approximate surface area is 302 Å². The summed E-state index contributed by atoms with van der Waals surface area (Å²) in [4.78, 5) is 0. The maximum absolute atomic E-state index is 5.81. The number of allylic oxidation sites excluding steroid dienone is 4. The summed E-state index contributed by atoms with van der Waals surface area (Å²) in [6, 6.07) is 26.1. The number of rotatable bonds is 6. The summed E-state index contributed by atoms with van der Waals surface area (Å²) in [5.74, 6) is 1.82. The second kappa shape index (κ2) is 13.2. The average molecular weight is 763 g/mol. The van der Waals surface area contributed by atoms with Gasteiger partial charge in [0.15, 0.2) is 0 Å². The van der Waals surface area contributed by atoms with Gasteiger partial charge in [-0.2, -0.15) is 0 Å². The fraction of sp³-hybridized carbons (Fsp3) is 0.326. The van der Waals surface area contributed by atoms with Crippen LogP contribution >= 0.6 is 24.8 Å². The Morgan fingerprint density at radius 2 is 1.21 bits per heavy atom. The number of aryl methyl sites for hydroxylation is 2. The van der Waals surface area contributed by atoms with Crippen molar-refractivity contribution in [1.29, 1.82) is 0 Å². The van der Waals surface area contributed by atoms with Crippen molar-refractivity contribution in [1.82, 2.24) is 0 Å². The topological polar surface area (TPSA) is 18.5 Å². The summed E-state index contributed by atoms with van der Waals surface area (Å²) in [6.07, 6.45) is 8.78. The summed E-state index contributed by atoms with van der Waals surface area (Å²) >= 11 is -4.96. The molecule has 0 spiro atoms. The minimum atomic E-state index is -4.96. The average Bonchev–Trinajstić information content (AvgIpc) is 3.68. The molecule has 254 valence electrons. The Morgan fingerprint density at radius 1 is 0.667 bits per heavy atom. The minimum absolute atomic E-state index is 0. The predicted octanol–water partition coefficient (Wildman–Crippen LogP) is 9.57. The van der Waals surface area contributed by atoms with E-state index in [2.05, 4.69) is 140 Å². The van der Waals surface area contributed by atoms with E-state index >= 15 is 0 Å². The van der Waals surface area contributed by atoms with Gasteiger partial charge < -0.3 is 0 Å². The van der Waals surface area contributed by atoms with Crippen molar-refractivity contribution in [2.45, 2.75) is 79.1 Å². The van der Waals surface area contributed by atoms with Crippen molar-refractivity contribution in [3.63, 3.8) is 0 Å². The van der Waals surface area contributed by atoms with Gasteiger partial charge in [-0.15, -0.1) is 24.8 Å². The molecule has 0 fully saturated rings. The molecule has 2 aliphatic carbocycles. The van der Waals surface area contributed by atoms with E-state index in [0.29, 0.717) is 0 Å². The molecular formula is C43H52Cl2O2Zr. The summed E-state index contributed by atoms with van der Waals surface area (Å²) in [5, 5.41) is 0. The van der Waals surface area contributed by atoms with Crippen LogP contribution in [0.25, 0.3) is 11.1 Å². The Morgan fingerprint density at radius 3 is 1.67 bits per heavy atom. The molecule has 5 heteroatoms. The van der Waals surface area contributed by atoms with Crippen LogP contribution in [-0.2, 0) is 35.5 Å². The van der Waals surface area contributed by atoms with Crippen LogP contribution in [0.2, 0.25) is 0 Å². The SMILES string of the molecule is Cl.Cl.[CH2]=[Zr]([C]1=CC=CC1)([c]1ccc(OC)c(C)c1)([c]1ccc(OC)c(C)c1)[c]1cc(C(C)(C)C)cc2c1Cc1ccc(C(C)(C)C)cc1-2. The van der Waals surface area contributed by atoms with Gasteiger partial charge >= 0.3 is 279 Å². The van der Waals surface area contributed by atoms with Crippen molar-refractivity contribution in [2.75, 3.05) is 14.2 Å². The molecule has 0 saturated heterocycles. The van der Waals surface area contributed by atoms with E-state index in [1.54, 1.807) is 14.2 Å². The maximum atomic E-state index is 5.81. The second-order valence-corrected chi connectivity index (χ2v) is 28.7. The second-order valence-electron chi connectivity index (χ2n) is 15.7. The molecule has 6 rings (SSSR count). The van der Waals surface area contributed by atoms with Gasteiger partial charge in [0.1, 0.15) is 0 Å². The van der Waals surface area contributed by atoms with E-state index in [-0.39, 0.29) is 35.6 Å². The predicted molar refractivity (Wildman–Crippen MR) is 210 cm³/mol. The fourth-order valence-electron chi connectivity index (χ4n) is 7.99. The summed E-state index contributed by atoms with van der Waals surface area (Å²) in [7, 11) is 3.52. The number of halogens is 2. The van der Waals surface area contributed by atoms with Crippen LogP contribution in [-0.4, -0.2) is 18.4 Å². The fourth-order valence-corrected chi connectivity index (χ4v) is 23.7. The zero-order valence-corrected chi connectivity index (χ0v) is 34.4. The molecule has 0 atom stereocenters. The van der Waals surface area contributed by atoms with Gasteiger partial charge in [0.2, 0.25) is 0 Å². The van der Waals surface area contributed by atoms with Crippen LogP contribution in [0.3, 0.4) is 0 Å². The molecule has 4 aromatic rings. The van der Waals surface area contributed by atoms with Crippen molar-refractivity contribution >= 4 is 38.8 Å². The third kappa shape index (κ3) is 5.83. The van der Waals surface area contributed by atoms with E-state index in [4.69, 9.17) is 13.7 Å². The quantitative estimate of drug-likeness (QED) is 0.172. The first-order valence-corrected chi connectivity index (χ1v) is 23.3. The normalized spacial score (nSPS) is 14.0. The van der Waals surface area contributed by atoms with Crippen LogP contribution in [0.5, 0.6) is 11.5 Å². The van der Waals surface area contributed by atoms with Crippen LogP contribution in [0, 0.1) is 13.8 Å². The number of fused-ring (bicyclic) bond motifs is 3. The van der Waals surface area contributed by atoms with Gasteiger partial charge in [0.05, 0.1) is 0 Å². The van der Waals surface area contributed by atoms with Gasteiger partial charge in [0.25, 0.3) is 0 Å². The number of methoxy groups -OCH3 is 2. The van der Waals surface area contributed by atoms with E-state index < -0.39 is 18.3 Å². The van der Waals surface area contributed by atoms with Gasteiger partial charge in [0, 0.05) is 0 Å². The third-order valence-electron chi connectivity index (χ3n) is 10.9. The summed E-state index contributed by atoms with van der Waals surface area (Å²) in [6.45, 7) is 18.3. The molecule has 0 bridgehead atoms. The van der Waals surface area contributed by atoms with Crippen molar-refractivity contribution < 1.29 is 27.8 Å². The van der Waals surface area contributed by atoms with Gasteiger partial charge in [-0.3, -0.25) is 0 Å². The van der Waals surface area contributed by atoms with E-state index in [1.165, 1.54) is 46.5 Å². The number of ether oxygens (including phenoxy) is 2. The monoisotopic (exact) mass is 760 g/mol. The van der Waals surface area contributed by atoms with Crippen LogP contribution in [0.4, 0.5) is 0 Å². The Hall–Kier alpha value is -2.71. The molecule has 0 saturated carbocycles. The van der Waals surface area contributed by atoms with Crippen LogP contribution < -0.4 is 19.3 Å². The molecule has 0 heterocycles. The Kier molecular flexibility index (Phi) is 10.5. The molecule has 2 aliphatic rings. The molecule has 0 aromatic heterocycles. The zero-order valence-electron chi connectivity index (χ0n) is 30.3. The number of hydrogen-bond donors (Lipinski definition) is 0. The van der Waals surface area contributed by atoms with Crippen LogP contribution in [0.15, 0.2) is 88.2 Å². The number of hydrogen-bond acceptors (Lipinski definition) is 2. The van der Waals surface area contributed by atoms with Gasteiger partial charge in [-0.1, -0.05) is 0 Å². The Bertz CT molecular complexity index is 1960. The van der Waals surface area contributed by atoms with Crippen molar-refractivity contribution in [3.05, 3.63) is 122 Å². The van der Waals surface area contributed by atoms with E-state index in [0.717, 1.165) is 35.5 Å². The molecule has 0 amide bonds.